The Morgan fingerprint density at radius 2 is 1.96 bits per heavy atom. The number of aryl methyl sites for hydroxylation is 1. The van der Waals surface area contributed by atoms with Crippen LogP contribution >= 0.6 is 23.6 Å². The van der Waals surface area contributed by atoms with E-state index in [2.05, 4.69) is 73.4 Å². The minimum atomic E-state index is 0.107. The summed E-state index contributed by atoms with van der Waals surface area (Å²) in [4.78, 5) is 2.73. The fourth-order valence-corrected chi connectivity index (χ4v) is 3.38. The molecule has 2 aromatic rings. The van der Waals surface area contributed by atoms with Crippen molar-refractivity contribution in [3.8, 4) is 0 Å². The summed E-state index contributed by atoms with van der Waals surface area (Å²) in [7, 11) is 4.33. The predicted molar refractivity (Wildman–Crippen MR) is 103 cm³/mol. The van der Waals surface area contributed by atoms with Gasteiger partial charge in [-0.3, -0.25) is 0 Å². The number of thiocarbonyl (C=S) groups is 1. The Hall–Kier alpha value is -1.43. The van der Waals surface area contributed by atoms with Crippen molar-refractivity contribution in [1.29, 1.82) is 0 Å². The van der Waals surface area contributed by atoms with Gasteiger partial charge in [0, 0.05) is 17.8 Å². The first-order chi connectivity index (χ1) is 11.1. The Bertz CT molecular complexity index is 591. The van der Waals surface area contributed by atoms with Crippen LogP contribution in [0, 0.1) is 6.92 Å². The third-order valence-electron chi connectivity index (χ3n) is 3.65. The molecule has 0 saturated carbocycles. The maximum atomic E-state index is 5.48. The molecule has 2 rings (SSSR count). The number of rotatable bonds is 7. The third kappa shape index (κ3) is 5.94. The second kappa shape index (κ2) is 9.01. The molecule has 0 saturated heterocycles. The minimum absolute atomic E-state index is 0.107. The molecule has 0 aliphatic carbocycles. The normalized spacial score (nSPS) is 12.2. The van der Waals surface area contributed by atoms with Gasteiger partial charge in [-0.25, -0.2) is 0 Å². The van der Waals surface area contributed by atoms with Crippen LogP contribution in [0.25, 0.3) is 0 Å². The first-order valence-electron chi connectivity index (χ1n) is 7.99. The zero-order valence-corrected chi connectivity index (χ0v) is 15.7. The van der Waals surface area contributed by atoms with Gasteiger partial charge >= 0.3 is 0 Å². The van der Waals surface area contributed by atoms with Crippen LogP contribution in [0.2, 0.25) is 0 Å². The Morgan fingerprint density at radius 3 is 2.57 bits per heavy atom. The SMILES string of the molecule is Cc1ccc([C@H](NC(=S)NCCC[NH+](C)C)c2cccs2)cc1. The van der Waals surface area contributed by atoms with Crippen LogP contribution in [-0.4, -0.2) is 32.3 Å². The van der Waals surface area contributed by atoms with Gasteiger partial charge < -0.3 is 15.5 Å². The largest absolute Gasteiger partial charge is 0.362 e. The van der Waals surface area contributed by atoms with Gasteiger partial charge in [0.15, 0.2) is 5.11 Å². The van der Waals surface area contributed by atoms with Gasteiger partial charge in [-0.1, -0.05) is 35.9 Å². The average molecular weight is 349 g/mol. The number of quaternary nitrogens is 1. The molecular weight excluding hydrogens is 322 g/mol. The molecule has 0 amide bonds. The van der Waals surface area contributed by atoms with Crippen molar-refractivity contribution in [1.82, 2.24) is 10.6 Å². The van der Waals surface area contributed by atoms with Crippen LogP contribution in [-0.2, 0) is 0 Å². The van der Waals surface area contributed by atoms with Crippen molar-refractivity contribution >= 4 is 28.7 Å². The number of benzene rings is 1. The van der Waals surface area contributed by atoms with Crippen molar-refractivity contribution in [3.05, 3.63) is 57.8 Å². The molecule has 3 nitrogen and oxygen atoms in total. The molecule has 0 unspecified atom stereocenters. The Morgan fingerprint density at radius 1 is 1.22 bits per heavy atom. The van der Waals surface area contributed by atoms with Crippen molar-refractivity contribution in [2.24, 2.45) is 0 Å². The van der Waals surface area contributed by atoms with Gasteiger partial charge in [0.25, 0.3) is 0 Å². The van der Waals surface area contributed by atoms with E-state index in [4.69, 9.17) is 12.2 Å². The molecule has 0 spiro atoms. The molecule has 0 radical (unpaired) electrons. The van der Waals surface area contributed by atoms with Crippen LogP contribution < -0.4 is 15.5 Å². The maximum absolute atomic E-state index is 5.48. The van der Waals surface area contributed by atoms with E-state index in [0.717, 1.165) is 24.6 Å². The number of hydrogen-bond donors (Lipinski definition) is 3. The van der Waals surface area contributed by atoms with Gasteiger partial charge in [-0.15, -0.1) is 11.3 Å². The standard InChI is InChI=1S/C18H25N3S2/c1-14-7-9-15(10-8-14)17(16-6-4-13-23-16)20-18(22)19-11-5-12-21(2)3/h4,6-10,13,17H,5,11-12H2,1-3H3,(H2,19,20,22)/p+1/t17-/m0/s1. The summed E-state index contributed by atoms with van der Waals surface area (Å²) < 4.78 is 0. The predicted octanol–water partition coefficient (Wildman–Crippen LogP) is 2.14. The van der Waals surface area contributed by atoms with Crippen LogP contribution in [0.4, 0.5) is 0 Å². The summed E-state index contributed by atoms with van der Waals surface area (Å²) in [5.41, 5.74) is 2.51. The molecule has 3 N–H and O–H groups in total. The highest BCUT2D eigenvalue weighted by Crippen LogP contribution is 2.26. The minimum Gasteiger partial charge on any atom is -0.362 e. The molecular formula is C18H26N3S2+. The molecule has 0 fully saturated rings. The van der Waals surface area contributed by atoms with Gasteiger partial charge in [-0.05, 0) is 36.2 Å². The van der Waals surface area contributed by atoms with Gasteiger partial charge in [-0.2, -0.15) is 0 Å². The Balaban J connectivity index is 1.98. The van der Waals surface area contributed by atoms with Gasteiger partial charge in [0.1, 0.15) is 0 Å². The highest BCUT2D eigenvalue weighted by molar-refractivity contribution is 7.80. The summed E-state index contributed by atoms with van der Waals surface area (Å²) in [6.45, 7) is 4.15. The van der Waals surface area contributed by atoms with E-state index >= 15 is 0 Å². The van der Waals surface area contributed by atoms with E-state index in [1.165, 1.54) is 20.9 Å². The first kappa shape index (κ1) is 17.9. The molecule has 1 heterocycles. The molecule has 0 aliphatic rings. The van der Waals surface area contributed by atoms with Crippen LogP contribution in [0.1, 0.15) is 28.5 Å². The van der Waals surface area contributed by atoms with E-state index in [9.17, 15) is 0 Å². The van der Waals surface area contributed by atoms with E-state index < -0.39 is 0 Å². The van der Waals surface area contributed by atoms with Gasteiger partial charge in [0.2, 0.25) is 0 Å². The topological polar surface area (TPSA) is 28.5 Å². The monoisotopic (exact) mass is 348 g/mol. The summed E-state index contributed by atoms with van der Waals surface area (Å²) in [6, 6.07) is 13.0. The fourth-order valence-electron chi connectivity index (χ4n) is 2.36. The zero-order valence-electron chi connectivity index (χ0n) is 14.1. The van der Waals surface area contributed by atoms with E-state index in [0.29, 0.717) is 0 Å². The number of thiophene rings is 1. The molecule has 1 aromatic carbocycles. The maximum Gasteiger partial charge on any atom is 0.167 e. The lowest BCUT2D eigenvalue weighted by atomic mass is 10.0. The highest BCUT2D eigenvalue weighted by atomic mass is 32.1. The van der Waals surface area contributed by atoms with E-state index in [-0.39, 0.29) is 6.04 Å². The highest BCUT2D eigenvalue weighted by Gasteiger charge is 2.16. The molecule has 23 heavy (non-hydrogen) atoms. The summed E-state index contributed by atoms with van der Waals surface area (Å²) in [5.74, 6) is 0. The first-order valence-corrected chi connectivity index (χ1v) is 9.28. The van der Waals surface area contributed by atoms with Crippen molar-refractivity contribution in [2.75, 3.05) is 27.2 Å². The van der Waals surface area contributed by atoms with Crippen molar-refractivity contribution < 1.29 is 4.90 Å². The lowest BCUT2D eigenvalue weighted by molar-refractivity contribution is -0.858. The molecule has 0 aliphatic heterocycles. The quantitative estimate of drug-likeness (QED) is 0.529. The summed E-state index contributed by atoms with van der Waals surface area (Å²) in [5, 5.41) is 9.62. The zero-order chi connectivity index (χ0) is 16.7. The molecule has 1 aromatic heterocycles. The second-order valence-electron chi connectivity index (χ2n) is 6.07. The molecule has 124 valence electrons. The van der Waals surface area contributed by atoms with Crippen LogP contribution in [0.15, 0.2) is 41.8 Å². The lowest BCUT2D eigenvalue weighted by Gasteiger charge is -2.21. The molecule has 5 heteroatoms. The number of nitrogens with one attached hydrogen (secondary N) is 3. The average Bonchev–Trinajstić information content (AvgIpc) is 3.04. The second-order valence-corrected chi connectivity index (χ2v) is 7.46. The van der Waals surface area contributed by atoms with Gasteiger partial charge in [0.05, 0.1) is 26.7 Å². The van der Waals surface area contributed by atoms with Crippen LogP contribution in [0.5, 0.6) is 0 Å². The number of hydrogen-bond acceptors (Lipinski definition) is 2. The Labute approximate surface area is 148 Å². The smallest absolute Gasteiger partial charge is 0.167 e. The summed E-state index contributed by atoms with van der Waals surface area (Å²) in [6.07, 6.45) is 1.11. The summed E-state index contributed by atoms with van der Waals surface area (Å²) >= 11 is 7.24. The van der Waals surface area contributed by atoms with Crippen molar-refractivity contribution in [3.63, 3.8) is 0 Å². The lowest BCUT2D eigenvalue weighted by Crippen LogP contribution is -3.05. The van der Waals surface area contributed by atoms with E-state index in [1.54, 1.807) is 11.3 Å². The fraction of sp³-hybridized carbons (Fsp3) is 0.389. The van der Waals surface area contributed by atoms with E-state index in [1.807, 2.05) is 0 Å². The molecule has 0 bridgehead atoms. The molecule has 1 atom stereocenters. The van der Waals surface area contributed by atoms with Crippen LogP contribution in [0.3, 0.4) is 0 Å². The third-order valence-corrected chi connectivity index (χ3v) is 4.85. The van der Waals surface area contributed by atoms with Crippen molar-refractivity contribution in [2.45, 2.75) is 19.4 Å². The Kier molecular flexibility index (Phi) is 7.02.